The van der Waals surface area contributed by atoms with Crippen molar-refractivity contribution in [3.05, 3.63) is 66.0 Å². The van der Waals surface area contributed by atoms with Crippen LogP contribution in [0.3, 0.4) is 0 Å². The lowest BCUT2D eigenvalue weighted by Gasteiger charge is -2.35. The molecular formula is C18H17FN2O2. The Kier molecular flexibility index (Phi) is 4.48. The molecule has 2 unspecified atom stereocenters. The molecule has 118 valence electrons. The molecule has 2 aromatic carbocycles. The Bertz CT molecular complexity index is 701. The van der Waals surface area contributed by atoms with Gasteiger partial charge in [-0.05, 0) is 42.8 Å². The molecule has 0 amide bonds. The zero-order chi connectivity index (χ0) is 16.2. The summed E-state index contributed by atoms with van der Waals surface area (Å²) in [6.45, 7) is 0.606. The van der Waals surface area contributed by atoms with Crippen LogP contribution in [0.4, 0.5) is 10.1 Å². The molecule has 2 atom stereocenters. The summed E-state index contributed by atoms with van der Waals surface area (Å²) in [7, 11) is 0. The number of nitrogens with one attached hydrogen (secondary N) is 2. The molecule has 0 heterocycles. The molecule has 0 radical (unpaired) electrons. The molecule has 1 saturated carbocycles. The third-order valence-electron chi connectivity index (χ3n) is 3.93. The van der Waals surface area contributed by atoms with Crippen LogP contribution in [0.1, 0.15) is 5.56 Å². The Hall–Kier alpha value is -2.53. The first-order valence-corrected chi connectivity index (χ1v) is 7.52. The molecule has 2 N–H and O–H groups in total. The lowest BCUT2D eigenvalue weighted by molar-refractivity contribution is -0.145. The van der Waals surface area contributed by atoms with Crippen molar-refractivity contribution < 1.29 is 14.0 Å². The van der Waals surface area contributed by atoms with Crippen molar-refractivity contribution in [1.82, 2.24) is 5.32 Å². The minimum absolute atomic E-state index is 0.343. The Morgan fingerprint density at radius 3 is 2.22 bits per heavy atom. The van der Waals surface area contributed by atoms with Gasteiger partial charge in [-0.2, -0.15) is 0 Å². The maximum atomic E-state index is 12.9. The van der Waals surface area contributed by atoms with E-state index in [1.807, 2.05) is 30.3 Å². The van der Waals surface area contributed by atoms with Gasteiger partial charge in [0.1, 0.15) is 17.9 Å². The molecule has 5 heteroatoms. The van der Waals surface area contributed by atoms with Crippen molar-refractivity contribution in [3.63, 3.8) is 0 Å². The van der Waals surface area contributed by atoms with Crippen LogP contribution in [0.2, 0.25) is 0 Å². The van der Waals surface area contributed by atoms with E-state index in [1.165, 1.54) is 17.7 Å². The van der Waals surface area contributed by atoms with Crippen molar-refractivity contribution in [1.29, 1.82) is 0 Å². The smallest absolute Gasteiger partial charge is 0.224 e. The molecule has 1 aliphatic rings. The molecule has 1 aliphatic carbocycles. The van der Waals surface area contributed by atoms with Crippen LogP contribution in [0.5, 0.6) is 0 Å². The number of hydrogen-bond acceptors (Lipinski definition) is 4. The second kappa shape index (κ2) is 6.71. The lowest BCUT2D eigenvalue weighted by atomic mass is 9.82. The van der Waals surface area contributed by atoms with Crippen LogP contribution in [-0.2, 0) is 16.0 Å². The van der Waals surface area contributed by atoms with Crippen LogP contribution < -0.4 is 10.6 Å². The summed E-state index contributed by atoms with van der Waals surface area (Å²) in [5.41, 5.74) is 1.79. The van der Waals surface area contributed by atoms with Gasteiger partial charge < -0.3 is 10.6 Å². The van der Waals surface area contributed by atoms with Gasteiger partial charge in [0, 0.05) is 5.69 Å². The average molecular weight is 312 g/mol. The van der Waals surface area contributed by atoms with Crippen LogP contribution in [-0.4, -0.2) is 30.2 Å². The first-order chi connectivity index (χ1) is 11.1. The van der Waals surface area contributed by atoms with E-state index in [2.05, 4.69) is 10.6 Å². The average Bonchev–Trinajstić information content (AvgIpc) is 2.59. The Labute approximate surface area is 133 Å². The fourth-order valence-electron chi connectivity index (χ4n) is 2.61. The predicted octanol–water partition coefficient (Wildman–Crippen LogP) is 1.96. The molecule has 0 aromatic heterocycles. The second-order valence-electron chi connectivity index (χ2n) is 5.52. The van der Waals surface area contributed by atoms with E-state index in [1.54, 1.807) is 12.1 Å². The number of carbonyl (C=O) groups is 2. The van der Waals surface area contributed by atoms with E-state index >= 15 is 0 Å². The normalized spacial score (nSPS) is 20.2. The number of anilines is 1. The highest BCUT2D eigenvalue weighted by Gasteiger charge is 2.48. The maximum Gasteiger partial charge on any atom is 0.224 e. The van der Waals surface area contributed by atoms with Crippen molar-refractivity contribution in [2.24, 2.45) is 0 Å². The zero-order valence-electron chi connectivity index (χ0n) is 12.5. The zero-order valence-corrected chi connectivity index (χ0v) is 12.5. The van der Waals surface area contributed by atoms with Crippen molar-refractivity contribution in [3.8, 4) is 0 Å². The first kappa shape index (κ1) is 15.4. The minimum atomic E-state index is -0.594. The highest BCUT2D eigenvalue weighted by molar-refractivity contribution is 6.49. The third-order valence-corrected chi connectivity index (χ3v) is 3.93. The fourth-order valence-corrected chi connectivity index (χ4v) is 2.61. The number of hydrogen-bond donors (Lipinski definition) is 2. The van der Waals surface area contributed by atoms with Crippen LogP contribution >= 0.6 is 0 Å². The van der Waals surface area contributed by atoms with Gasteiger partial charge in [0.15, 0.2) is 0 Å². The lowest BCUT2D eigenvalue weighted by Crippen LogP contribution is -2.67. The minimum Gasteiger partial charge on any atom is -0.373 e. The predicted molar refractivity (Wildman–Crippen MR) is 85.8 cm³/mol. The Morgan fingerprint density at radius 2 is 1.52 bits per heavy atom. The van der Waals surface area contributed by atoms with E-state index in [4.69, 9.17) is 0 Å². The van der Waals surface area contributed by atoms with E-state index in [0.717, 1.165) is 6.42 Å². The van der Waals surface area contributed by atoms with E-state index in [0.29, 0.717) is 12.2 Å². The molecule has 4 nitrogen and oxygen atoms in total. The Balaban J connectivity index is 1.56. The molecule has 0 spiro atoms. The highest BCUT2D eigenvalue weighted by Crippen LogP contribution is 2.19. The van der Waals surface area contributed by atoms with Gasteiger partial charge >= 0.3 is 0 Å². The monoisotopic (exact) mass is 312 g/mol. The second-order valence-corrected chi connectivity index (χ2v) is 5.52. The SMILES string of the molecule is O=C1C(=O)C(Nc2ccc(F)cc2)C1NCCc1ccccc1. The number of ketones is 2. The summed E-state index contributed by atoms with van der Waals surface area (Å²) in [4.78, 5) is 23.5. The van der Waals surface area contributed by atoms with Crippen molar-refractivity contribution >= 4 is 17.3 Å². The number of rotatable bonds is 6. The number of benzene rings is 2. The van der Waals surface area contributed by atoms with E-state index in [9.17, 15) is 14.0 Å². The molecular weight excluding hydrogens is 295 g/mol. The summed E-state index contributed by atoms with van der Waals surface area (Å²) in [5, 5.41) is 6.11. The number of carbonyl (C=O) groups excluding carboxylic acids is 2. The topological polar surface area (TPSA) is 58.2 Å². The van der Waals surface area contributed by atoms with Crippen LogP contribution in [0, 0.1) is 5.82 Å². The molecule has 0 aliphatic heterocycles. The van der Waals surface area contributed by atoms with Crippen LogP contribution in [0.25, 0.3) is 0 Å². The van der Waals surface area contributed by atoms with Gasteiger partial charge in [0.05, 0.1) is 0 Å². The largest absolute Gasteiger partial charge is 0.373 e. The van der Waals surface area contributed by atoms with Crippen molar-refractivity contribution in [2.75, 3.05) is 11.9 Å². The molecule has 1 fully saturated rings. The molecule has 23 heavy (non-hydrogen) atoms. The van der Waals surface area contributed by atoms with E-state index < -0.39 is 23.7 Å². The van der Waals surface area contributed by atoms with E-state index in [-0.39, 0.29) is 5.82 Å². The molecule has 0 saturated heterocycles. The molecule has 2 aromatic rings. The summed E-state index contributed by atoms with van der Waals surface area (Å²) in [5.74, 6) is -1.19. The van der Waals surface area contributed by atoms with Gasteiger partial charge in [-0.1, -0.05) is 30.3 Å². The van der Waals surface area contributed by atoms with Crippen molar-refractivity contribution in [2.45, 2.75) is 18.5 Å². The summed E-state index contributed by atoms with van der Waals surface area (Å²) in [6.07, 6.45) is 0.780. The van der Waals surface area contributed by atoms with Crippen LogP contribution in [0.15, 0.2) is 54.6 Å². The van der Waals surface area contributed by atoms with Gasteiger partial charge in [0.2, 0.25) is 11.6 Å². The number of Topliss-reactive ketones (excluding diaryl/α,β-unsaturated/α-hetero) is 2. The molecule has 3 rings (SSSR count). The van der Waals surface area contributed by atoms with Gasteiger partial charge in [0.25, 0.3) is 0 Å². The van der Waals surface area contributed by atoms with Gasteiger partial charge in [-0.3, -0.25) is 9.59 Å². The first-order valence-electron chi connectivity index (χ1n) is 7.52. The Morgan fingerprint density at radius 1 is 0.870 bits per heavy atom. The van der Waals surface area contributed by atoms with Gasteiger partial charge in [-0.15, -0.1) is 0 Å². The maximum absolute atomic E-state index is 12.9. The summed E-state index contributed by atoms with van der Waals surface area (Å²) in [6, 6.07) is 14.5. The fraction of sp³-hybridized carbons (Fsp3) is 0.222. The highest BCUT2D eigenvalue weighted by atomic mass is 19.1. The third kappa shape index (κ3) is 3.46. The standard InChI is InChI=1S/C18H17FN2O2/c19-13-6-8-14(9-7-13)21-16-15(17(22)18(16)23)20-11-10-12-4-2-1-3-5-12/h1-9,15-16,20-21H,10-11H2. The quantitative estimate of drug-likeness (QED) is 0.801. The summed E-state index contributed by atoms with van der Waals surface area (Å²) < 4.78 is 12.9. The van der Waals surface area contributed by atoms with Gasteiger partial charge in [-0.25, -0.2) is 4.39 Å². The molecule has 0 bridgehead atoms. The number of halogens is 1. The summed E-state index contributed by atoms with van der Waals surface area (Å²) >= 11 is 0.